The Morgan fingerprint density at radius 1 is 1.18 bits per heavy atom. The number of oxazole rings is 1. The Kier molecular flexibility index (Phi) is 2.08. The van der Waals surface area contributed by atoms with Gasteiger partial charge in [-0.3, -0.25) is 0 Å². The molecule has 0 unspecified atom stereocenters. The highest BCUT2D eigenvalue weighted by Gasteiger charge is 2.10. The summed E-state index contributed by atoms with van der Waals surface area (Å²) in [6.45, 7) is 1.99. The topological polar surface area (TPSA) is 64.9 Å². The largest absolute Gasteiger partial charge is 0.434 e. The van der Waals surface area contributed by atoms with Gasteiger partial charge in [0, 0.05) is 0 Å². The predicted molar refractivity (Wildman–Crippen MR) is 66.4 cm³/mol. The molecule has 0 saturated carbocycles. The van der Waals surface area contributed by atoms with Crippen molar-refractivity contribution in [1.29, 1.82) is 0 Å². The first-order valence-corrected chi connectivity index (χ1v) is 5.32. The smallest absolute Gasteiger partial charge is 0.246 e. The lowest BCUT2D eigenvalue weighted by atomic mass is 10.2. The van der Waals surface area contributed by atoms with E-state index in [9.17, 15) is 0 Å². The minimum Gasteiger partial charge on any atom is -0.434 e. The van der Waals surface area contributed by atoms with Crippen molar-refractivity contribution in [2.75, 3.05) is 5.73 Å². The third kappa shape index (κ3) is 1.63. The highest BCUT2D eigenvalue weighted by atomic mass is 16.3. The van der Waals surface area contributed by atoms with Crippen molar-refractivity contribution >= 4 is 16.8 Å². The van der Waals surface area contributed by atoms with Crippen molar-refractivity contribution in [3.05, 3.63) is 42.1 Å². The Balaban J connectivity index is 2.18. The van der Waals surface area contributed by atoms with E-state index < -0.39 is 0 Å². The molecule has 3 rings (SSSR count). The lowest BCUT2D eigenvalue weighted by Crippen LogP contribution is -1.87. The molecule has 2 aromatic heterocycles. The van der Waals surface area contributed by atoms with Crippen LogP contribution in [0.1, 0.15) is 5.56 Å². The normalized spacial score (nSPS) is 10.9. The van der Waals surface area contributed by atoms with E-state index in [1.807, 2.05) is 25.1 Å². The van der Waals surface area contributed by atoms with Gasteiger partial charge in [-0.05, 0) is 30.7 Å². The SMILES string of the molecule is Cc1cccc2nc(-c3ccc(N)cn3)oc12. The molecule has 0 bridgehead atoms. The van der Waals surface area contributed by atoms with Crippen LogP contribution in [0.25, 0.3) is 22.7 Å². The summed E-state index contributed by atoms with van der Waals surface area (Å²) in [5.74, 6) is 0.523. The number of nitrogen functional groups attached to an aromatic ring is 1. The fourth-order valence-electron chi connectivity index (χ4n) is 1.73. The standard InChI is InChI=1S/C13H11N3O/c1-8-3-2-4-10-12(8)17-13(16-10)11-6-5-9(14)7-15-11/h2-7H,14H2,1H3. The zero-order valence-electron chi connectivity index (χ0n) is 9.34. The summed E-state index contributed by atoms with van der Waals surface area (Å²) in [6, 6.07) is 9.46. The molecule has 84 valence electrons. The maximum absolute atomic E-state index is 5.71. The Labute approximate surface area is 98.1 Å². The third-order valence-corrected chi connectivity index (χ3v) is 2.62. The number of aromatic nitrogens is 2. The number of rotatable bonds is 1. The molecule has 0 aliphatic heterocycles. The molecule has 0 fully saturated rings. The number of para-hydroxylation sites is 1. The second-order valence-electron chi connectivity index (χ2n) is 3.92. The minimum absolute atomic E-state index is 0.523. The number of anilines is 1. The monoisotopic (exact) mass is 225 g/mol. The minimum atomic E-state index is 0.523. The van der Waals surface area contributed by atoms with E-state index in [0.717, 1.165) is 16.7 Å². The first kappa shape index (κ1) is 9.84. The molecule has 0 radical (unpaired) electrons. The zero-order chi connectivity index (χ0) is 11.8. The lowest BCUT2D eigenvalue weighted by molar-refractivity contribution is 0.614. The average molecular weight is 225 g/mol. The Morgan fingerprint density at radius 3 is 2.76 bits per heavy atom. The quantitative estimate of drug-likeness (QED) is 0.691. The van der Waals surface area contributed by atoms with Crippen LogP contribution in [0.3, 0.4) is 0 Å². The number of hydrogen-bond donors (Lipinski definition) is 1. The predicted octanol–water partition coefficient (Wildman–Crippen LogP) is 2.78. The van der Waals surface area contributed by atoms with Gasteiger partial charge in [-0.1, -0.05) is 12.1 Å². The first-order chi connectivity index (χ1) is 8.24. The highest BCUT2D eigenvalue weighted by Crippen LogP contribution is 2.25. The van der Waals surface area contributed by atoms with E-state index in [1.165, 1.54) is 0 Å². The number of pyridine rings is 1. The van der Waals surface area contributed by atoms with Gasteiger partial charge in [0.1, 0.15) is 11.2 Å². The van der Waals surface area contributed by atoms with E-state index >= 15 is 0 Å². The second kappa shape index (κ2) is 3.59. The van der Waals surface area contributed by atoms with Crippen LogP contribution in [-0.2, 0) is 0 Å². The molecular formula is C13H11N3O. The molecule has 0 aliphatic carbocycles. The van der Waals surface area contributed by atoms with Gasteiger partial charge in [-0.25, -0.2) is 9.97 Å². The third-order valence-electron chi connectivity index (χ3n) is 2.62. The van der Waals surface area contributed by atoms with Gasteiger partial charge >= 0.3 is 0 Å². The van der Waals surface area contributed by atoms with E-state index in [1.54, 1.807) is 18.3 Å². The van der Waals surface area contributed by atoms with Gasteiger partial charge in [0.2, 0.25) is 5.89 Å². The Hall–Kier alpha value is -2.36. The molecule has 0 aliphatic rings. The summed E-state index contributed by atoms with van der Waals surface area (Å²) in [7, 11) is 0. The van der Waals surface area contributed by atoms with E-state index in [-0.39, 0.29) is 0 Å². The van der Waals surface area contributed by atoms with Crippen molar-refractivity contribution < 1.29 is 4.42 Å². The number of nitrogens with zero attached hydrogens (tertiary/aromatic N) is 2. The number of nitrogens with two attached hydrogens (primary N) is 1. The van der Waals surface area contributed by atoms with Crippen molar-refractivity contribution in [3.63, 3.8) is 0 Å². The molecule has 1 aromatic carbocycles. The number of benzene rings is 1. The fourth-order valence-corrected chi connectivity index (χ4v) is 1.73. The molecule has 0 spiro atoms. The van der Waals surface area contributed by atoms with Crippen LogP contribution in [-0.4, -0.2) is 9.97 Å². The first-order valence-electron chi connectivity index (χ1n) is 5.32. The number of fused-ring (bicyclic) bond motifs is 1. The molecular weight excluding hydrogens is 214 g/mol. The van der Waals surface area contributed by atoms with E-state index in [4.69, 9.17) is 10.2 Å². The molecule has 17 heavy (non-hydrogen) atoms. The van der Waals surface area contributed by atoms with Crippen LogP contribution < -0.4 is 5.73 Å². The Morgan fingerprint density at radius 2 is 2.06 bits per heavy atom. The summed E-state index contributed by atoms with van der Waals surface area (Å²) in [4.78, 5) is 8.60. The molecule has 0 saturated heterocycles. The maximum Gasteiger partial charge on any atom is 0.246 e. The van der Waals surface area contributed by atoms with Crippen LogP contribution in [0.5, 0.6) is 0 Å². The second-order valence-corrected chi connectivity index (χ2v) is 3.92. The average Bonchev–Trinajstić information content (AvgIpc) is 2.75. The molecule has 0 amide bonds. The van der Waals surface area contributed by atoms with Gasteiger partial charge in [0.05, 0.1) is 11.9 Å². The van der Waals surface area contributed by atoms with Gasteiger partial charge in [0.15, 0.2) is 5.58 Å². The van der Waals surface area contributed by atoms with Crippen LogP contribution in [0.15, 0.2) is 40.9 Å². The molecule has 4 nitrogen and oxygen atoms in total. The molecule has 2 N–H and O–H groups in total. The van der Waals surface area contributed by atoms with Crippen molar-refractivity contribution in [3.8, 4) is 11.6 Å². The molecule has 4 heteroatoms. The van der Waals surface area contributed by atoms with Crippen LogP contribution >= 0.6 is 0 Å². The molecule has 3 aromatic rings. The lowest BCUT2D eigenvalue weighted by Gasteiger charge is -1.94. The summed E-state index contributed by atoms with van der Waals surface area (Å²) in [6.07, 6.45) is 1.59. The zero-order valence-corrected chi connectivity index (χ0v) is 9.34. The molecule has 0 atom stereocenters. The van der Waals surface area contributed by atoms with Gasteiger partial charge in [-0.2, -0.15) is 0 Å². The van der Waals surface area contributed by atoms with Crippen molar-refractivity contribution in [1.82, 2.24) is 9.97 Å². The maximum atomic E-state index is 5.71. The highest BCUT2D eigenvalue weighted by molar-refractivity contribution is 5.78. The van der Waals surface area contributed by atoms with Crippen LogP contribution in [0.2, 0.25) is 0 Å². The summed E-state index contributed by atoms with van der Waals surface area (Å²) in [5.41, 5.74) is 9.62. The summed E-state index contributed by atoms with van der Waals surface area (Å²) >= 11 is 0. The van der Waals surface area contributed by atoms with Gasteiger partial charge < -0.3 is 10.2 Å². The number of aryl methyl sites for hydroxylation is 1. The summed E-state index contributed by atoms with van der Waals surface area (Å²) in [5, 5.41) is 0. The van der Waals surface area contributed by atoms with Gasteiger partial charge in [-0.15, -0.1) is 0 Å². The molecule has 2 heterocycles. The Bertz CT molecular complexity index is 671. The van der Waals surface area contributed by atoms with Crippen molar-refractivity contribution in [2.24, 2.45) is 0 Å². The summed E-state index contributed by atoms with van der Waals surface area (Å²) < 4.78 is 5.71. The van der Waals surface area contributed by atoms with E-state index in [0.29, 0.717) is 17.3 Å². The van der Waals surface area contributed by atoms with Crippen molar-refractivity contribution in [2.45, 2.75) is 6.92 Å². The van der Waals surface area contributed by atoms with Gasteiger partial charge in [0.25, 0.3) is 0 Å². The van der Waals surface area contributed by atoms with Crippen LogP contribution in [0.4, 0.5) is 5.69 Å². The van der Waals surface area contributed by atoms with E-state index in [2.05, 4.69) is 9.97 Å². The van der Waals surface area contributed by atoms with Crippen LogP contribution in [0, 0.1) is 6.92 Å². The number of hydrogen-bond acceptors (Lipinski definition) is 4. The fraction of sp³-hybridized carbons (Fsp3) is 0.0769.